The molecule has 4 rings (SSSR count). The molecule has 6 heteroatoms. The van der Waals surface area contributed by atoms with Crippen LogP contribution in [0.1, 0.15) is 49.0 Å². The second kappa shape index (κ2) is 7.82. The van der Waals surface area contributed by atoms with Crippen LogP contribution in [-0.4, -0.2) is 38.4 Å². The van der Waals surface area contributed by atoms with Crippen molar-refractivity contribution in [2.24, 2.45) is 5.92 Å². The molecule has 1 amide bonds. The van der Waals surface area contributed by atoms with Gasteiger partial charge in [0.25, 0.3) is 15.9 Å². The number of hydrogen-bond donors (Lipinski definition) is 0. The number of rotatable bonds is 7. The smallest absolute Gasteiger partial charge is 0.264 e. The highest BCUT2D eigenvalue weighted by atomic mass is 32.2. The number of nitrogens with zero attached hydrogens (tertiary/aromatic N) is 2. The van der Waals surface area contributed by atoms with Crippen LogP contribution in [0.25, 0.3) is 0 Å². The normalized spacial score (nSPS) is 18.6. The van der Waals surface area contributed by atoms with E-state index in [1.165, 1.54) is 17.1 Å². The molecular formula is C23H28N2O3S. The van der Waals surface area contributed by atoms with Crippen molar-refractivity contribution in [3.8, 4) is 0 Å². The Bertz CT molecular complexity index is 1010. The number of fused-ring (bicyclic) bond motifs is 1. The molecule has 1 unspecified atom stereocenters. The topological polar surface area (TPSA) is 57.7 Å². The van der Waals surface area contributed by atoms with Crippen molar-refractivity contribution in [3.63, 3.8) is 0 Å². The third-order valence-electron chi connectivity index (χ3n) is 5.74. The number of hydrogen-bond acceptors (Lipinski definition) is 3. The highest BCUT2D eigenvalue weighted by Crippen LogP contribution is 2.36. The number of carbonyl (C=O) groups excluding carboxylic acids is 1. The number of amides is 1. The number of carbonyl (C=O) groups is 1. The molecule has 29 heavy (non-hydrogen) atoms. The van der Waals surface area contributed by atoms with Gasteiger partial charge in [-0.1, -0.05) is 31.2 Å². The van der Waals surface area contributed by atoms with Crippen molar-refractivity contribution < 1.29 is 13.2 Å². The van der Waals surface area contributed by atoms with E-state index in [1.54, 1.807) is 24.3 Å². The third-order valence-corrected chi connectivity index (χ3v) is 7.66. The number of anilines is 1. The van der Waals surface area contributed by atoms with Crippen molar-refractivity contribution in [2.45, 2.75) is 50.5 Å². The lowest BCUT2D eigenvalue weighted by Crippen LogP contribution is -2.36. The van der Waals surface area contributed by atoms with Crippen LogP contribution in [0.3, 0.4) is 0 Å². The SMILES string of the molecule is CCCN(CC1CC1)C(=O)c1cccc(S(=O)(=O)N2c3ccccc3CC2C)c1. The Hall–Kier alpha value is -2.34. The van der Waals surface area contributed by atoms with E-state index < -0.39 is 10.0 Å². The van der Waals surface area contributed by atoms with Crippen LogP contribution in [0, 0.1) is 5.92 Å². The molecule has 1 aliphatic heterocycles. The lowest BCUT2D eigenvalue weighted by Gasteiger charge is -2.25. The fraction of sp³-hybridized carbons (Fsp3) is 0.435. The van der Waals surface area contributed by atoms with Crippen molar-refractivity contribution in [1.29, 1.82) is 0 Å². The molecule has 1 heterocycles. The minimum Gasteiger partial charge on any atom is -0.338 e. The predicted octanol–water partition coefficient (Wildman–Crippen LogP) is 4.09. The lowest BCUT2D eigenvalue weighted by molar-refractivity contribution is 0.0747. The summed E-state index contributed by atoms with van der Waals surface area (Å²) in [6, 6.07) is 14.0. The molecule has 0 bridgehead atoms. The molecule has 1 atom stereocenters. The highest BCUT2D eigenvalue weighted by Gasteiger charge is 2.36. The average molecular weight is 413 g/mol. The molecule has 0 N–H and O–H groups in total. The number of sulfonamides is 1. The van der Waals surface area contributed by atoms with Crippen LogP contribution in [0.15, 0.2) is 53.4 Å². The van der Waals surface area contributed by atoms with Gasteiger partial charge in [-0.3, -0.25) is 9.10 Å². The van der Waals surface area contributed by atoms with Crippen LogP contribution in [0.2, 0.25) is 0 Å². The summed E-state index contributed by atoms with van der Waals surface area (Å²) in [4.78, 5) is 15.1. The first kappa shape index (κ1) is 20.0. The van der Waals surface area contributed by atoms with Gasteiger partial charge in [0.15, 0.2) is 0 Å². The van der Waals surface area contributed by atoms with Gasteiger partial charge in [0.2, 0.25) is 0 Å². The summed E-state index contributed by atoms with van der Waals surface area (Å²) >= 11 is 0. The molecule has 2 aromatic carbocycles. The summed E-state index contributed by atoms with van der Waals surface area (Å²) in [5.74, 6) is 0.519. The third kappa shape index (κ3) is 3.90. The molecule has 2 aromatic rings. The van der Waals surface area contributed by atoms with Gasteiger partial charge in [-0.2, -0.15) is 0 Å². The maximum atomic E-state index is 13.5. The van der Waals surface area contributed by atoms with E-state index in [4.69, 9.17) is 0 Å². The van der Waals surface area contributed by atoms with Gasteiger partial charge in [-0.25, -0.2) is 8.42 Å². The number of para-hydroxylation sites is 1. The van der Waals surface area contributed by atoms with Gasteiger partial charge in [0.05, 0.1) is 10.6 Å². The molecule has 1 aliphatic carbocycles. The summed E-state index contributed by atoms with van der Waals surface area (Å²) in [6.07, 6.45) is 3.93. The molecule has 1 saturated carbocycles. The zero-order valence-electron chi connectivity index (χ0n) is 17.0. The molecule has 0 radical (unpaired) electrons. The summed E-state index contributed by atoms with van der Waals surface area (Å²) in [5.41, 5.74) is 2.22. The van der Waals surface area contributed by atoms with Gasteiger partial charge in [0.1, 0.15) is 0 Å². The molecule has 2 aliphatic rings. The Morgan fingerprint density at radius 1 is 1.14 bits per heavy atom. The average Bonchev–Trinajstić information content (AvgIpc) is 3.46. The molecule has 154 valence electrons. The Kier molecular flexibility index (Phi) is 5.38. The number of benzene rings is 2. The largest absolute Gasteiger partial charge is 0.338 e. The first-order valence-corrected chi connectivity index (χ1v) is 11.9. The Balaban J connectivity index is 1.65. The van der Waals surface area contributed by atoms with E-state index in [9.17, 15) is 13.2 Å². The van der Waals surface area contributed by atoms with E-state index in [0.717, 1.165) is 24.2 Å². The van der Waals surface area contributed by atoms with Crippen molar-refractivity contribution in [1.82, 2.24) is 4.90 Å². The molecule has 0 aromatic heterocycles. The highest BCUT2D eigenvalue weighted by molar-refractivity contribution is 7.92. The maximum Gasteiger partial charge on any atom is 0.264 e. The van der Waals surface area contributed by atoms with E-state index in [2.05, 4.69) is 6.92 Å². The van der Waals surface area contributed by atoms with Gasteiger partial charge in [-0.15, -0.1) is 0 Å². The first-order valence-electron chi connectivity index (χ1n) is 10.4. The quantitative estimate of drug-likeness (QED) is 0.688. The van der Waals surface area contributed by atoms with E-state index in [0.29, 0.717) is 24.4 Å². The molecule has 5 nitrogen and oxygen atoms in total. The summed E-state index contributed by atoms with van der Waals surface area (Å²) in [6.45, 7) is 5.44. The Morgan fingerprint density at radius 2 is 1.90 bits per heavy atom. The van der Waals surface area contributed by atoms with E-state index >= 15 is 0 Å². The Labute approximate surface area is 173 Å². The minimum absolute atomic E-state index is 0.0781. The van der Waals surface area contributed by atoms with Gasteiger partial charge < -0.3 is 4.90 Å². The Morgan fingerprint density at radius 3 is 2.62 bits per heavy atom. The lowest BCUT2D eigenvalue weighted by atomic mass is 10.1. The molecule has 0 saturated heterocycles. The van der Waals surface area contributed by atoms with E-state index in [1.807, 2.05) is 36.1 Å². The van der Waals surface area contributed by atoms with Crippen LogP contribution in [-0.2, 0) is 16.4 Å². The van der Waals surface area contributed by atoms with Crippen molar-refractivity contribution >= 4 is 21.6 Å². The predicted molar refractivity (Wildman–Crippen MR) is 115 cm³/mol. The van der Waals surface area contributed by atoms with Gasteiger partial charge in [0, 0.05) is 24.7 Å². The summed E-state index contributed by atoms with van der Waals surface area (Å²) < 4.78 is 28.4. The van der Waals surface area contributed by atoms with Gasteiger partial charge >= 0.3 is 0 Å². The van der Waals surface area contributed by atoms with E-state index in [-0.39, 0.29) is 16.8 Å². The first-order chi connectivity index (χ1) is 13.9. The van der Waals surface area contributed by atoms with Crippen LogP contribution in [0.5, 0.6) is 0 Å². The summed E-state index contributed by atoms with van der Waals surface area (Å²) in [7, 11) is -3.74. The van der Waals surface area contributed by atoms with Crippen molar-refractivity contribution in [3.05, 3.63) is 59.7 Å². The maximum absolute atomic E-state index is 13.5. The fourth-order valence-electron chi connectivity index (χ4n) is 4.15. The van der Waals surface area contributed by atoms with Gasteiger partial charge in [-0.05, 0) is 68.4 Å². The zero-order chi connectivity index (χ0) is 20.6. The van der Waals surface area contributed by atoms with Crippen LogP contribution >= 0.6 is 0 Å². The van der Waals surface area contributed by atoms with Crippen LogP contribution < -0.4 is 4.31 Å². The monoisotopic (exact) mass is 412 g/mol. The van der Waals surface area contributed by atoms with Crippen LogP contribution in [0.4, 0.5) is 5.69 Å². The minimum atomic E-state index is -3.74. The zero-order valence-corrected chi connectivity index (χ0v) is 17.9. The molecule has 0 spiro atoms. The fourth-order valence-corrected chi connectivity index (χ4v) is 5.89. The second-order valence-electron chi connectivity index (χ2n) is 8.21. The molecule has 1 fully saturated rings. The standard InChI is InChI=1S/C23H28N2O3S/c1-3-13-24(16-18-11-12-18)23(26)20-8-6-9-21(15-20)29(27,28)25-17(2)14-19-7-4-5-10-22(19)25/h4-10,15,17-18H,3,11-14,16H2,1-2H3. The summed E-state index contributed by atoms with van der Waals surface area (Å²) in [5, 5.41) is 0. The molecular weight excluding hydrogens is 384 g/mol. The second-order valence-corrected chi connectivity index (χ2v) is 10.0. The van der Waals surface area contributed by atoms with Crippen molar-refractivity contribution in [2.75, 3.05) is 17.4 Å².